The van der Waals surface area contributed by atoms with Crippen molar-refractivity contribution in [2.45, 2.75) is 13.5 Å². The third-order valence-corrected chi connectivity index (χ3v) is 3.05. The molecule has 22 heavy (non-hydrogen) atoms. The molecule has 2 aromatic rings. The van der Waals surface area contributed by atoms with Gasteiger partial charge in [0.2, 0.25) is 0 Å². The fourth-order valence-corrected chi connectivity index (χ4v) is 2.05. The van der Waals surface area contributed by atoms with Crippen molar-refractivity contribution in [3.05, 3.63) is 53.6 Å². The van der Waals surface area contributed by atoms with Crippen molar-refractivity contribution >= 4 is 18.9 Å². The summed E-state index contributed by atoms with van der Waals surface area (Å²) >= 11 is 0. The molecular formula is C16H17BO5. The van der Waals surface area contributed by atoms with E-state index in [1.807, 2.05) is 30.3 Å². The van der Waals surface area contributed by atoms with E-state index >= 15 is 0 Å². The maximum Gasteiger partial charge on any atom is 0.492 e. The molecule has 0 aliphatic heterocycles. The van der Waals surface area contributed by atoms with E-state index in [0.29, 0.717) is 24.2 Å². The zero-order valence-corrected chi connectivity index (χ0v) is 12.2. The van der Waals surface area contributed by atoms with Gasteiger partial charge in [-0.1, -0.05) is 30.3 Å². The number of benzene rings is 2. The van der Waals surface area contributed by atoms with Crippen LogP contribution in [-0.4, -0.2) is 30.1 Å². The number of ether oxygens (including phenoxy) is 2. The predicted molar refractivity (Wildman–Crippen MR) is 83.6 cm³/mol. The average Bonchev–Trinajstić information content (AvgIpc) is 2.54. The summed E-state index contributed by atoms with van der Waals surface area (Å²) in [5, 5.41) is 19.0. The van der Waals surface area contributed by atoms with E-state index in [0.717, 1.165) is 5.56 Å². The van der Waals surface area contributed by atoms with Gasteiger partial charge >= 0.3 is 7.12 Å². The Hall–Kier alpha value is -2.31. The van der Waals surface area contributed by atoms with Crippen LogP contribution in [0.4, 0.5) is 0 Å². The Kier molecular flexibility index (Phi) is 5.58. The van der Waals surface area contributed by atoms with Crippen LogP contribution in [0.15, 0.2) is 42.5 Å². The first-order valence-electron chi connectivity index (χ1n) is 6.94. The zero-order valence-electron chi connectivity index (χ0n) is 12.2. The predicted octanol–water partition coefficient (Wildman–Crippen LogP) is 1.16. The van der Waals surface area contributed by atoms with Gasteiger partial charge in [-0.2, -0.15) is 0 Å². The maximum absolute atomic E-state index is 11.0. The molecule has 0 saturated carbocycles. The molecule has 0 saturated heterocycles. The fourth-order valence-electron chi connectivity index (χ4n) is 2.05. The van der Waals surface area contributed by atoms with Crippen molar-refractivity contribution in [1.82, 2.24) is 0 Å². The SMILES string of the molecule is CCOc1cc(C=O)cc(B(O)O)c1OCc1ccccc1. The summed E-state index contributed by atoms with van der Waals surface area (Å²) in [5.74, 6) is 0.539. The maximum atomic E-state index is 11.0. The molecule has 0 unspecified atom stereocenters. The first-order valence-corrected chi connectivity index (χ1v) is 6.94. The molecule has 2 aromatic carbocycles. The van der Waals surface area contributed by atoms with Crippen LogP contribution in [-0.2, 0) is 6.61 Å². The van der Waals surface area contributed by atoms with Gasteiger partial charge in [-0.3, -0.25) is 4.79 Å². The van der Waals surface area contributed by atoms with Crippen molar-refractivity contribution < 1.29 is 24.3 Å². The molecule has 2 rings (SSSR count). The second-order valence-electron chi connectivity index (χ2n) is 4.64. The Morgan fingerprint density at radius 1 is 1.14 bits per heavy atom. The van der Waals surface area contributed by atoms with Crippen LogP contribution < -0.4 is 14.9 Å². The van der Waals surface area contributed by atoms with E-state index in [4.69, 9.17) is 9.47 Å². The second-order valence-corrected chi connectivity index (χ2v) is 4.64. The molecule has 2 N–H and O–H groups in total. The molecule has 5 nitrogen and oxygen atoms in total. The lowest BCUT2D eigenvalue weighted by atomic mass is 9.78. The van der Waals surface area contributed by atoms with E-state index < -0.39 is 7.12 Å². The summed E-state index contributed by atoms with van der Waals surface area (Å²) < 4.78 is 11.2. The molecule has 6 heteroatoms. The second kappa shape index (κ2) is 7.63. The van der Waals surface area contributed by atoms with E-state index in [-0.39, 0.29) is 17.8 Å². The minimum atomic E-state index is -1.76. The van der Waals surface area contributed by atoms with Gasteiger partial charge in [0.15, 0.2) is 11.5 Å². The van der Waals surface area contributed by atoms with Gasteiger partial charge in [-0.05, 0) is 24.6 Å². The molecule has 114 valence electrons. The highest BCUT2D eigenvalue weighted by molar-refractivity contribution is 6.60. The van der Waals surface area contributed by atoms with Crippen molar-refractivity contribution in [2.75, 3.05) is 6.61 Å². The number of carbonyl (C=O) groups excluding carboxylic acids is 1. The highest BCUT2D eigenvalue weighted by atomic mass is 16.5. The Labute approximate surface area is 129 Å². The first-order chi connectivity index (χ1) is 10.7. The van der Waals surface area contributed by atoms with E-state index in [1.165, 1.54) is 12.1 Å². The summed E-state index contributed by atoms with van der Waals surface area (Å²) in [5.41, 5.74) is 1.32. The lowest BCUT2D eigenvalue weighted by Crippen LogP contribution is -2.32. The van der Waals surface area contributed by atoms with E-state index in [2.05, 4.69) is 0 Å². The van der Waals surface area contributed by atoms with Crippen LogP contribution in [0.1, 0.15) is 22.8 Å². The summed E-state index contributed by atoms with van der Waals surface area (Å²) in [7, 11) is -1.76. The van der Waals surface area contributed by atoms with Crippen molar-refractivity contribution in [3.63, 3.8) is 0 Å². The summed E-state index contributed by atoms with van der Waals surface area (Å²) in [4.78, 5) is 11.0. The fraction of sp³-hybridized carbons (Fsp3) is 0.188. The zero-order chi connectivity index (χ0) is 15.9. The van der Waals surface area contributed by atoms with Gasteiger partial charge < -0.3 is 19.5 Å². The molecule has 0 amide bonds. The van der Waals surface area contributed by atoms with Crippen molar-refractivity contribution in [2.24, 2.45) is 0 Å². The number of aldehydes is 1. The first kappa shape index (κ1) is 16.1. The number of hydrogen-bond donors (Lipinski definition) is 2. The molecule has 0 aliphatic rings. The van der Waals surface area contributed by atoms with Gasteiger partial charge in [-0.25, -0.2) is 0 Å². The standard InChI is InChI=1S/C16H17BO5/c1-2-21-15-9-13(10-18)8-14(17(19)20)16(15)22-11-12-6-4-3-5-7-12/h3-10,19-20H,2,11H2,1H3. The van der Waals surface area contributed by atoms with Crippen LogP contribution in [0, 0.1) is 0 Å². The van der Waals surface area contributed by atoms with Gasteiger partial charge in [0.25, 0.3) is 0 Å². The third kappa shape index (κ3) is 3.87. The molecule has 0 bridgehead atoms. The molecule has 0 radical (unpaired) electrons. The molecule has 0 fully saturated rings. The minimum Gasteiger partial charge on any atom is -0.490 e. The van der Waals surface area contributed by atoms with Crippen LogP contribution >= 0.6 is 0 Å². The summed E-state index contributed by atoms with van der Waals surface area (Å²) in [6, 6.07) is 12.4. The lowest BCUT2D eigenvalue weighted by Gasteiger charge is -2.16. The Morgan fingerprint density at radius 3 is 2.45 bits per heavy atom. The van der Waals surface area contributed by atoms with Gasteiger partial charge in [0.05, 0.1) is 6.61 Å². The monoisotopic (exact) mass is 300 g/mol. The van der Waals surface area contributed by atoms with Crippen LogP contribution in [0.25, 0.3) is 0 Å². The Morgan fingerprint density at radius 2 is 1.86 bits per heavy atom. The molecular weight excluding hydrogens is 283 g/mol. The number of carbonyl (C=O) groups is 1. The average molecular weight is 300 g/mol. The number of rotatable bonds is 7. The van der Waals surface area contributed by atoms with Crippen molar-refractivity contribution in [1.29, 1.82) is 0 Å². The van der Waals surface area contributed by atoms with Gasteiger partial charge in [0, 0.05) is 11.0 Å². The summed E-state index contributed by atoms with van der Waals surface area (Å²) in [6.45, 7) is 2.41. The molecule has 0 aliphatic carbocycles. The number of hydrogen-bond acceptors (Lipinski definition) is 5. The topological polar surface area (TPSA) is 76.0 Å². The van der Waals surface area contributed by atoms with Crippen LogP contribution in [0.3, 0.4) is 0 Å². The summed E-state index contributed by atoms with van der Waals surface area (Å²) in [6.07, 6.45) is 0.620. The van der Waals surface area contributed by atoms with Crippen LogP contribution in [0.2, 0.25) is 0 Å². The molecule has 0 spiro atoms. The normalized spacial score (nSPS) is 10.1. The highest BCUT2D eigenvalue weighted by Crippen LogP contribution is 2.27. The molecule has 0 aromatic heterocycles. The van der Waals surface area contributed by atoms with E-state index in [9.17, 15) is 14.8 Å². The van der Waals surface area contributed by atoms with Gasteiger partial charge in [0.1, 0.15) is 12.9 Å². The van der Waals surface area contributed by atoms with E-state index in [1.54, 1.807) is 6.92 Å². The third-order valence-electron chi connectivity index (χ3n) is 3.05. The molecule has 0 atom stereocenters. The highest BCUT2D eigenvalue weighted by Gasteiger charge is 2.22. The minimum absolute atomic E-state index is 0.101. The lowest BCUT2D eigenvalue weighted by molar-refractivity contribution is 0.112. The Balaban J connectivity index is 2.35. The quantitative estimate of drug-likeness (QED) is 0.593. The van der Waals surface area contributed by atoms with Gasteiger partial charge in [-0.15, -0.1) is 0 Å². The molecule has 0 heterocycles. The Bertz CT molecular complexity index is 628. The largest absolute Gasteiger partial charge is 0.492 e. The van der Waals surface area contributed by atoms with Crippen LogP contribution in [0.5, 0.6) is 11.5 Å². The van der Waals surface area contributed by atoms with Crippen molar-refractivity contribution in [3.8, 4) is 11.5 Å². The smallest absolute Gasteiger partial charge is 0.490 e.